The summed E-state index contributed by atoms with van der Waals surface area (Å²) in [5.41, 5.74) is 0.675. The van der Waals surface area contributed by atoms with Gasteiger partial charge in [-0.15, -0.1) is 0 Å². The van der Waals surface area contributed by atoms with Crippen molar-refractivity contribution in [2.45, 2.75) is 44.3 Å². The average molecular weight is 222 g/mol. The second kappa shape index (κ2) is 3.33. The quantitative estimate of drug-likeness (QED) is 0.530. The Morgan fingerprint density at radius 3 is 2.69 bits per heavy atom. The van der Waals surface area contributed by atoms with Crippen LogP contribution in [0.5, 0.6) is 0 Å². The fourth-order valence-corrected chi connectivity index (χ4v) is 3.57. The van der Waals surface area contributed by atoms with Crippen molar-refractivity contribution in [2.24, 2.45) is 11.8 Å². The molecule has 0 aromatic carbocycles. The van der Waals surface area contributed by atoms with Crippen molar-refractivity contribution in [1.82, 2.24) is 0 Å². The SMILES string of the molecule is C=C(C)C(=O)OC1CC2CC1CC21CCO1. The molecule has 0 N–H and O–H groups in total. The number of hydrogen-bond acceptors (Lipinski definition) is 3. The van der Waals surface area contributed by atoms with Crippen LogP contribution in [0.4, 0.5) is 0 Å². The third kappa shape index (κ3) is 1.34. The van der Waals surface area contributed by atoms with Crippen molar-refractivity contribution >= 4 is 5.97 Å². The first kappa shape index (κ1) is 10.3. The summed E-state index contributed by atoms with van der Waals surface area (Å²) < 4.78 is 11.2. The van der Waals surface area contributed by atoms with Gasteiger partial charge < -0.3 is 9.47 Å². The molecule has 3 rings (SSSR count). The highest BCUT2D eigenvalue weighted by molar-refractivity contribution is 5.87. The van der Waals surface area contributed by atoms with E-state index in [1.54, 1.807) is 6.92 Å². The van der Waals surface area contributed by atoms with E-state index in [9.17, 15) is 4.79 Å². The van der Waals surface area contributed by atoms with Crippen molar-refractivity contribution < 1.29 is 14.3 Å². The molecule has 0 amide bonds. The minimum atomic E-state index is -0.235. The van der Waals surface area contributed by atoms with Crippen LogP contribution in [0.3, 0.4) is 0 Å². The van der Waals surface area contributed by atoms with Crippen molar-refractivity contribution in [3.63, 3.8) is 0 Å². The number of rotatable bonds is 2. The minimum Gasteiger partial charge on any atom is -0.459 e. The second-order valence-corrected chi connectivity index (χ2v) is 5.52. The van der Waals surface area contributed by atoms with Crippen LogP contribution in [0.1, 0.15) is 32.6 Å². The third-order valence-corrected chi connectivity index (χ3v) is 4.50. The van der Waals surface area contributed by atoms with Gasteiger partial charge in [0.1, 0.15) is 6.10 Å². The Labute approximate surface area is 95.8 Å². The van der Waals surface area contributed by atoms with Crippen LogP contribution in [0, 0.1) is 11.8 Å². The molecule has 88 valence electrons. The largest absolute Gasteiger partial charge is 0.459 e. The molecule has 3 fully saturated rings. The zero-order valence-electron chi connectivity index (χ0n) is 9.70. The number of esters is 1. The van der Waals surface area contributed by atoms with E-state index in [0.717, 1.165) is 19.4 Å². The van der Waals surface area contributed by atoms with Crippen LogP contribution in [0.25, 0.3) is 0 Å². The van der Waals surface area contributed by atoms with Crippen molar-refractivity contribution in [3.05, 3.63) is 12.2 Å². The molecule has 2 bridgehead atoms. The number of carbonyl (C=O) groups excluding carboxylic acids is 1. The number of ether oxygens (including phenoxy) is 2. The lowest BCUT2D eigenvalue weighted by atomic mass is 9.78. The molecule has 3 aliphatic rings. The molecule has 4 unspecified atom stereocenters. The van der Waals surface area contributed by atoms with E-state index in [0.29, 0.717) is 17.4 Å². The van der Waals surface area contributed by atoms with Crippen LogP contribution < -0.4 is 0 Å². The first-order valence-corrected chi connectivity index (χ1v) is 6.11. The average Bonchev–Trinajstić information content (AvgIpc) is 2.72. The van der Waals surface area contributed by atoms with E-state index in [1.165, 1.54) is 12.8 Å². The zero-order chi connectivity index (χ0) is 11.3. The zero-order valence-corrected chi connectivity index (χ0v) is 9.70. The topological polar surface area (TPSA) is 35.5 Å². The number of carbonyl (C=O) groups is 1. The molecule has 16 heavy (non-hydrogen) atoms. The Kier molecular flexibility index (Phi) is 2.15. The van der Waals surface area contributed by atoms with Gasteiger partial charge in [-0.1, -0.05) is 6.58 Å². The van der Waals surface area contributed by atoms with Gasteiger partial charge in [0, 0.05) is 12.0 Å². The van der Waals surface area contributed by atoms with Crippen molar-refractivity contribution in [1.29, 1.82) is 0 Å². The molecule has 1 saturated heterocycles. The maximum absolute atomic E-state index is 11.5. The Hall–Kier alpha value is -0.830. The summed E-state index contributed by atoms with van der Waals surface area (Å²) >= 11 is 0. The Bertz CT molecular complexity index is 343. The van der Waals surface area contributed by atoms with Crippen LogP contribution in [0.2, 0.25) is 0 Å². The predicted molar refractivity (Wildman–Crippen MR) is 58.8 cm³/mol. The van der Waals surface area contributed by atoms with Gasteiger partial charge in [0.2, 0.25) is 0 Å². The Morgan fingerprint density at radius 2 is 2.25 bits per heavy atom. The van der Waals surface area contributed by atoms with Gasteiger partial charge in [-0.2, -0.15) is 0 Å². The van der Waals surface area contributed by atoms with Gasteiger partial charge >= 0.3 is 5.97 Å². The molecule has 3 heteroatoms. The molecule has 4 atom stereocenters. The normalized spacial score (nSPS) is 44.4. The van der Waals surface area contributed by atoms with E-state index in [4.69, 9.17) is 9.47 Å². The predicted octanol–water partition coefficient (Wildman–Crippen LogP) is 2.06. The van der Waals surface area contributed by atoms with Gasteiger partial charge in [0.05, 0.1) is 12.2 Å². The summed E-state index contributed by atoms with van der Waals surface area (Å²) in [6, 6.07) is 0. The molecule has 0 radical (unpaired) electrons. The highest BCUT2D eigenvalue weighted by Gasteiger charge is 2.59. The molecule has 1 spiro atoms. The van der Waals surface area contributed by atoms with Crippen LogP contribution in [0.15, 0.2) is 12.2 Å². The summed E-state index contributed by atoms with van der Waals surface area (Å²) in [6.45, 7) is 6.23. The number of hydrogen-bond donors (Lipinski definition) is 0. The van der Waals surface area contributed by atoms with Gasteiger partial charge in [-0.3, -0.25) is 0 Å². The van der Waals surface area contributed by atoms with Crippen LogP contribution in [-0.2, 0) is 14.3 Å². The Morgan fingerprint density at radius 1 is 1.50 bits per heavy atom. The lowest BCUT2D eigenvalue weighted by Gasteiger charge is -2.46. The van der Waals surface area contributed by atoms with E-state index >= 15 is 0 Å². The summed E-state index contributed by atoms with van der Waals surface area (Å²) in [6.07, 6.45) is 4.57. The summed E-state index contributed by atoms with van der Waals surface area (Å²) in [4.78, 5) is 11.5. The first-order valence-electron chi connectivity index (χ1n) is 6.11. The maximum Gasteiger partial charge on any atom is 0.333 e. The monoisotopic (exact) mass is 222 g/mol. The summed E-state index contributed by atoms with van der Waals surface area (Å²) in [5, 5.41) is 0. The van der Waals surface area contributed by atoms with Crippen LogP contribution >= 0.6 is 0 Å². The molecule has 2 aliphatic carbocycles. The molecule has 0 aromatic rings. The lowest BCUT2D eigenvalue weighted by molar-refractivity contribution is -0.190. The molecule has 3 nitrogen and oxygen atoms in total. The van der Waals surface area contributed by atoms with Crippen molar-refractivity contribution in [2.75, 3.05) is 6.61 Å². The smallest absolute Gasteiger partial charge is 0.333 e. The third-order valence-electron chi connectivity index (χ3n) is 4.50. The molecule has 0 aromatic heterocycles. The molecule has 1 heterocycles. The van der Waals surface area contributed by atoms with Gasteiger partial charge in [-0.25, -0.2) is 4.79 Å². The lowest BCUT2D eigenvalue weighted by Crippen LogP contribution is -2.50. The standard InChI is InChI=1S/C13H18O3/c1-8(2)12(14)16-11-6-10-5-9(11)7-13(10)3-4-15-13/h9-11H,1,3-7H2,2H3. The number of fused-ring (bicyclic) bond motifs is 3. The molecular formula is C13H18O3. The molecule has 2 saturated carbocycles. The Balaban J connectivity index is 1.63. The van der Waals surface area contributed by atoms with Crippen LogP contribution in [-0.4, -0.2) is 24.3 Å². The summed E-state index contributed by atoms with van der Waals surface area (Å²) in [7, 11) is 0. The first-order chi connectivity index (χ1) is 7.61. The minimum absolute atomic E-state index is 0.115. The van der Waals surface area contributed by atoms with Gasteiger partial charge in [0.15, 0.2) is 0 Å². The van der Waals surface area contributed by atoms with E-state index in [-0.39, 0.29) is 17.7 Å². The fraction of sp³-hybridized carbons (Fsp3) is 0.769. The molecule has 1 aliphatic heterocycles. The second-order valence-electron chi connectivity index (χ2n) is 5.52. The van der Waals surface area contributed by atoms with E-state index in [1.807, 2.05) is 0 Å². The van der Waals surface area contributed by atoms with Crippen molar-refractivity contribution in [3.8, 4) is 0 Å². The molecular weight excluding hydrogens is 204 g/mol. The fourth-order valence-electron chi connectivity index (χ4n) is 3.57. The van der Waals surface area contributed by atoms with E-state index < -0.39 is 0 Å². The van der Waals surface area contributed by atoms with Gasteiger partial charge in [-0.05, 0) is 38.0 Å². The van der Waals surface area contributed by atoms with E-state index in [2.05, 4.69) is 6.58 Å². The highest BCUT2D eigenvalue weighted by Crippen LogP contribution is 2.58. The van der Waals surface area contributed by atoms with Gasteiger partial charge in [0.25, 0.3) is 0 Å². The summed E-state index contributed by atoms with van der Waals surface area (Å²) in [5.74, 6) is 0.906. The maximum atomic E-state index is 11.5. The highest BCUT2D eigenvalue weighted by atomic mass is 16.5.